The van der Waals surface area contributed by atoms with Gasteiger partial charge in [0.2, 0.25) is 5.89 Å². The molecule has 0 amide bonds. The summed E-state index contributed by atoms with van der Waals surface area (Å²) in [6.45, 7) is 2.02. The molecule has 27 heavy (non-hydrogen) atoms. The van der Waals surface area contributed by atoms with Crippen molar-refractivity contribution in [1.29, 1.82) is 0 Å². The number of hydrogen-bond acceptors (Lipinski definition) is 5. The highest BCUT2D eigenvalue weighted by atomic mass is 16.4. The van der Waals surface area contributed by atoms with Crippen molar-refractivity contribution < 1.29 is 4.42 Å². The van der Waals surface area contributed by atoms with Crippen LogP contribution in [-0.2, 0) is 0 Å². The molecule has 3 aromatic heterocycles. The number of aryl methyl sites for hydroxylation is 1. The lowest BCUT2D eigenvalue weighted by Crippen LogP contribution is -1.96. The third kappa shape index (κ3) is 4.27. The van der Waals surface area contributed by atoms with Crippen LogP contribution in [0.4, 0.5) is 11.6 Å². The molecule has 0 unspecified atom stereocenters. The first-order valence-corrected chi connectivity index (χ1v) is 8.62. The summed E-state index contributed by atoms with van der Waals surface area (Å²) in [6.07, 6.45) is 7.26. The van der Waals surface area contributed by atoms with E-state index >= 15 is 0 Å². The number of hydrogen-bond donors (Lipinski definition) is 1. The predicted molar refractivity (Wildman–Crippen MR) is 107 cm³/mol. The molecular weight excluding hydrogens is 336 g/mol. The van der Waals surface area contributed by atoms with E-state index in [-0.39, 0.29) is 0 Å². The van der Waals surface area contributed by atoms with Crippen molar-refractivity contribution in [1.82, 2.24) is 15.0 Å². The molecule has 0 saturated heterocycles. The fraction of sp³-hybridized carbons (Fsp3) is 0.0455. The number of benzene rings is 1. The number of pyridine rings is 2. The van der Waals surface area contributed by atoms with Gasteiger partial charge in [-0.1, -0.05) is 36.4 Å². The normalized spacial score (nSPS) is 11.0. The largest absolute Gasteiger partial charge is 0.435 e. The Morgan fingerprint density at radius 1 is 0.889 bits per heavy atom. The Bertz CT molecular complexity index is 1070. The molecule has 5 heteroatoms. The molecule has 0 radical (unpaired) electrons. The molecule has 4 aromatic rings. The molecule has 1 N–H and O–H groups in total. The van der Waals surface area contributed by atoms with Gasteiger partial charge in [0, 0.05) is 12.3 Å². The van der Waals surface area contributed by atoms with Gasteiger partial charge in [0.05, 0.1) is 6.20 Å². The minimum Gasteiger partial charge on any atom is -0.435 e. The maximum atomic E-state index is 5.81. The lowest BCUT2D eigenvalue weighted by atomic mass is 10.2. The Hall–Kier alpha value is -3.73. The van der Waals surface area contributed by atoms with E-state index < -0.39 is 0 Å². The fourth-order valence-corrected chi connectivity index (χ4v) is 2.59. The number of anilines is 2. The zero-order chi connectivity index (χ0) is 18.5. The molecule has 0 aliphatic rings. The molecule has 0 spiro atoms. The van der Waals surface area contributed by atoms with E-state index in [1.54, 1.807) is 12.4 Å². The molecule has 0 bridgehead atoms. The van der Waals surface area contributed by atoms with Gasteiger partial charge in [0.1, 0.15) is 17.3 Å². The molecule has 4 rings (SSSR count). The smallest absolute Gasteiger partial charge is 0.219 e. The average molecular weight is 354 g/mol. The second-order valence-electron chi connectivity index (χ2n) is 6.06. The van der Waals surface area contributed by atoms with Gasteiger partial charge in [-0.2, -0.15) is 0 Å². The Kier molecular flexibility index (Phi) is 4.74. The van der Waals surface area contributed by atoms with Gasteiger partial charge in [-0.05, 0) is 48.4 Å². The van der Waals surface area contributed by atoms with Crippen molar-refractivity contribution in [3.63, 3.8) is 0 Å². The Morgan fingerprint density at radius 3 is 2.63 bits per heavy atom. The fourth-order valence-electron chi connectivity index (χ4n) is 2.59. The van der Waals surface area contributed by atoms with E-state index in [4.69, 9.17) is 4.42 Å². The summed E-state index contributed by atoms with van der Waals surface area (Å²) in [4.78, 5) is 13.2. The lowest BCUT2D eigenvalue weighted by molar-refractivity contribution is 0.558. The van der Waals surface area contributed by atoms with E-state index in [9.17, 15) is 0 Å². The third-order valence-electron chi connectivity index (χ3n) is 3.91. The molecule has 132 valence electrons. The summed E-state index contributed by atoms with van der Waals surface area (Å²) in [7, 11) is 0. The minimum atomic E-state index is 0.536. The monoisotopic (exact) mass is 354 g/mol. The number of aromatic nitrogens is 3. The predicted octanol–water partition coefficient (Wildman–Crippen LogP) is 5.35. The van der Waals surface area contributed by atoms with Crippen molar-refractivity contribution in [2.24, 2.45) is 0 Å². The molecular formula is C22H18N4O. The summed E-state index contributed by atoms with van der Waals surface area (Å²) in [5, 5.41) is 3.21. The van der Waals surface area contributed by atoms with Crippen molar-refractivity contribution >= 4 is 23.8 Å². The van der Waals surface area contributed by atoms with Gasteiger partial charge >= 0.3 is 0 Å². The first kappa shape index (κ1) is 16.7. The zero-order valence-electron chi connectivity index (χ0n) is 14.8. The quantitative estimate of drug-likeness (QED) is 0.523. The molecule has 0 aliphatic carbocycles. The standard InChI is InChI=1S/C22H18N4O/c1-16-12-13-23-21(14-16)26-20-9-5-8-18(25-20)19-15-24-22(27-19)11-10-17-6-3-2-4-7-17/h2-15H,1H3,(H,23,25,26)/b11-10+. The maximum absolute atomic E-state index is 5.81. The average Bonchev–Trinajstić information content (AvgIpc) is 3.17. The topological polar surface area (TPSA) is 63.8 Å². The Labute approximate surface area is 157 Å². The van der Waals surface area contributed by atoms with Crippen molar-refractivity contribution in [3.8, 4) is 11.5 Å². The highest BCUT2D eigenvalue weighted by Gasteiger charge is 2.07. The molecule has 0 atom stereocenters. The highest BCUT2D eigenvalue weighted by Crippen LogP contribution is 2.22. The summed E-state index contributed by atoms with van der Waals surface area (Å²) < 4.78 is 5.81. The van der Waals surface area contributed by atoms with Crippen LogP contribution in [0.1, 0.15) is 17.0 Å². The van der Waals surface area contributed by atoms with E-state index in [0.29, 0.717) is 23.2 Å². The van der Waals surface area contributed by atoms with Crippen LogP contribution < -0.4 is 5.32 Å². The molecule has 0 fully saturated rings. The van der Waals surface area contributed by atoms with Gasteiger partial charge in [0.15, 0.2) is 5.76 Å². The second kappa shape index (κ2) is 7.66. The number of nitrogens with zero attached hydrogens (tertiary/aromatic N) is 3. The molecule has 0 saturated carbocycles. The van der Waals surface area contributed by atoms with Gasteiger partial charge in [0.25, 0.3) is 0 Å². The SMILES string of the molecule is Cc1ccnc(Nc2cccc(-c3cnc(/C=C/c4ccccc4)o3)n2)c1. The number of rotatable bonds is 5. The van der Waals surface area contributed by atoms with Crippen LogP contribution in [0.3, 0.4) is 0 Å². The number of nitrogens with one attached hydrogen (secondary N) is 1. The van der Waals surface area contributed by atoms with Crippen molar-refractivity contribution in [3.05, 3.63) is 90.1 Å². The van der Waals surface area contributed by atoms with Crippen LogP contribution >= 0.6 is 0 Å². The van der Waals surface area contributed by atoms with E-state index in [2.05, 4.69) is 20.3 Å². The Balaban J connectivity index is 1.52. The first-order chi connectivity index (χ1) is 13.3. The highest BCUT2D eigenvalue weighted by molar-refractivity contribution is 5.67. The van der Waals surface area contributed by atoms with E-state index in [0.717, 1.165) is 16.9 Å². The summed E-state index contributed by atoms with van der Waals surface area (Å²) >= 11 is 0. The Morgan fingerprint density at radius 2 is 1.78 bits per heavy atom. The van der Waals surface area contributed by atoms with E-state index in [1.165, 1.54) is 0 Å². The van der Waals surface area contributed by atoms with Gasteiger partial charge in [-0.3, -0.25) is 0 Å². The van der Waals surface area contributed by atoms with Crippen molar-refractivity contribution in [2.75, 3.05) is 5.32 Å². The lowest BCUT2D eigenvalue weighted by Gasteiger charge is -2.06. The second-order valence-corrected chi connectivity index (χ2v) is 6.06. The summed E-state index contributed by atoms with van der Waals surface area (Å²) in [5.41, 5.74) is 2.93. The van der Waals surface area contributed by atoms with Crippen LogP contribution in [0.25, 0.3) is 23.6 Å². The van der Waals surface area contributed by atoms with Gasteiger partial charge in [-0.25, -0.2) is 15.0 Å². The first-order valence-electron chi connectivity index (χ1n) is 8.62. The number of oxazole rings is 1. The van der Waals surface area contributed by atoms with Gasteiger partial charge in [-0.15, -0.1) is 0 Å². The van der Waals surface area contributed by atoms with Crippen LogP contribution in [0, 0.1) is 6.92 Å². The van der Waals surface area contributed by atoms with Crippen LogP contribution in [0.2, 0.25) is 0 Å². The molecule has 1 aromatic carbocycles. The molecule has 3 heterocycles. The van der Waals surface area contributed by atoms with Crippen LogP contribution in [0.5, 0.6) is 0 Å². The van der Waals surface area contributed by atoms with Crippen LogP contribution in [0.15, 0.2) is 77.5 Å². The third-order valence-corrected chi connectivity index (χ3v) is 3.91. The van der Waals surface area contributed by atoms with E-state index in [1.807, 2.05) is 79.7 Å². The summed E-state index contributed by atoms with van der Waals surface area (Å²) in [5.74, 6) is 2.60. The summed E-state index contributed by atoms with van der Waals surface area (Å²) in [6, 6.07) is 19.6. The van der Waals surface area contributed by atoms with Crippen molar-refractivity contribution in [2.45, 2.75) is 6.92 Å². The minimum absolute atomic E-state index is 0.536. The van der Waals surface area contributed by atoms with Gasteiger partial charge < -0.3 is 9.73 Å². The zero-order valence-corrected chi connectivity index (χ0v) is 14.8. The molecule has 0 aliphatic heterocycles. The molecule has 5 nitrogen and oxygen atoms in total. The maximum Gasteiger partial charge on any atom is 0.219 e. The van der Waals surface area contributed by atoms with Crippen LogP contribution in [-0.4, -0.2) is 15.0 Å².